The third kappa shape index (κ3) is 5.01. The molecule has 5 nitrogen and oxygen atoms in total. The lowest BCUT2D eigenvalue weighted by atomic mass is 10.0. The highest BCUT2D eigenvalue weighted by Crippen LogP contribution is 2.39. The highest BCUT2D eigenvalue weighted by molar-refractivity contribution is 7.25. The first kappa shape index (κ1) is 24.8. The maximum atomic E-state index is 14.1. The number of rotatable bonds is 10. The molecule has 0 unspecified atom stereocenters. The predicted octanol–water partition coefficient (Wildman–Crippen LogP) is 7.03. The Kier molecular flexibility index (Phi) is 7.61. The number of methoxy groups -OCH3 is 1. The molecule has 190 valence electrons. The van der Waals surface area contributed by atoms with Crippen molar-refractivity contribution < 1.29 is 9.84 Å². The van der Waals surface area contributed by atoms with Crippen molar-refractivity contribution >= 4 is 31.6 Å². The molecular formula is C30H36N2O3S. The Hall–Kier alpha value is -2.86. The zero-order chi connectivity index (χ0) is 25.1. The zero-order valence-electron chi connectivity index (χ0n) is 21.4. The lowest BCUT2D eigenvalue weighted by Gasteiger charge is -2.15. The number of ether oxygens (including phenoxy) is 1. The summed E-state index contributed by atoms with van der Waals surface area (Å²) in [5, 5.41) is 12.2. The van der Waals surface area contributed by atoms with E-state index in [1.165, 1.54) is 42.6 Å². The van der Waals surface area contributed by atoms with E-state index in [0.29, 0.717) is 11.9 Å². The van der Waals surface area contributed by atoms with Crippen LogP contribution in [0.3, 0.4) is 0 Å². The summed E-state index contributed by atoms with van der Waals surface area (Å²) < 4.78 is 8.00. The lowest BCUT2D eigenvalue weighted by Crippen LogP contribution is -2.26. The molecule has 4 aromatic rings. The second-order valence-corrected chi connectivity index (χ2v) is 11.1. The fraction of sp³-hybridized carbons (Fsp3) is 0.467. The van der Waals surface area contributed by atoms with Crippen molar-refractivity contribution in [1.82, 2.24) is 9.55 Å². The van der Waals surface area contributed by atoms with E-state index < -0.39 is 0 Å². The Morgan fingerprint density at radius 2 is 1.83 bits per heavy atom. The number of fused-ring (bicyclic) bond motifs is 3. The highest BCUT2D eigenvalue weighted by atomic mass is 32.1. The molecule has 0 aliphatic heterocycles. The van der Waals surface area contributed by atoms with Gasteiger partial charge in [0.05, 0.1) is 17.2 Å². The first-order valence-corrected chi connectivity index (χ1v) is 14.2. The fourth-order valence-corrected chi connectivity index (χ4v) is 6.76. The van der Waals surface area contributed by atoms with Crippen LogP contribution in [0.5, 0.6) is 11.5 Å². The molecule has 2 aromatic carbocycles. The van der Waals surface area contributed by atoms with Gasteiger partial charge < -0.3 is 9.84 Å². The van der Waals surface area contributed by atoms with Gasteiger partial charge in [-0.2, -0.15) is 0 Å². The van der Waals surface area contributed by atoms with Crippen LogP contribution >= 0.6 is 11.3 Å². The van der Waals surface area contributed by atoms with Crippen molar-refractivity contribution in [2.24, 2.45) is 5.92 Å². The Morgan fingerprint density at radius 1 is 1.06 bits per heavy atom. The number of phenolic OH excluding ortho intramolecular Hbond substituents is 1. The molecule has 1 aliphatic rings. The van der Waals surface area contributed by atoms with Crippen LogP contribution in [0, 0.1) is 5.92 Å². The summed E-state index contributed by atoms with van der Waals surface area (Å²) >= 11 is 1.46. The molecule has 0 radical (unpaired) electrons. The molecule has 0 bridgehead atoms. The fourth-order valence-electron chi connectivity index (χ4n) is 5.61. The number of nitrogens with zero attached hydrogens (tertiary/aromatic N) is 2. The van der Waals surface area contributed by atoms with Gasteiger partial charge in [0.2, 0.25) is 0 Å². The number of benzene rings is 2. The van der Waals surface area contributed by atoms with Gasteiger partial charge in [0.25, 0.3) is 5.56 Å². The van der Waals surface area contributed by atoms with Crippen LogP contribution in [0.1, 0.15) is 68.8 Å². The van der Waals surface area contributed by atoms with Gasteiger partial charge in [-0.25, -0.2) is 4.98 Å². The molecule has 0 saturated heterocycles. The van der Waals surface area contributed by atoms with Gasteiger partial charge in [0.1, 0.15) is 22.2 Å². The molecule has 6 heteroatoms. The van der Waals surface area contributed by atoms with Crippen LogP contribution in [0.15, 0.2) is 41.2 Å². The highest BCUT2D eigenvalue weighted by Gasteiger charge is 2.22. The normalized spacial score (nSPS) is 14.3. The van der Waals surface area contributed by atoms with E-state index in [0.717, 1.165) is 76.5 Å². The molecule has 36 heavy (non-hydrogen) atoms. The molecule has 1 N–H and O–H groups in total. The number of aromatic hydroxyl groups is 1. The maximum absolute atomic E-state index is 14.1. The quantitative estimate of drug-likeness (QED) is 0.252. The number of aromatic nitrogens is 2. The summed E-state index contributed by atoms with van der Waals surface area (Å²) in [6.45, 7) is 2.77. The van der Waals surface area contributed by atoms with Gasteiger partial charge >= 0.3 is 0 Å². The smallest absolute Gasteiger partial charge is 0.262 e. The van der Waals surface area contributed by atoms with Crippen molar-refractivity contribution in [2.75, 3.05) is 7.11 Å². The van der Waals surface area contributed by atoms with Gasteiger partial charge in [0.15, 0.2) is 0 Å². The molecule has 0 spiro atoms. The second kappa shape index (κ2) is 11.0. The number of hydrogen-bond donors (Lipinski definition) is 1. The minimum atomic E-state index is 0.0320. The Labute approximate surface area is 216 Å². The number of phenols is 1. The largest absolute Gasteiger partial charge is 0.506 e. The topological polar surface area (TPSA) is 64.3 Å². The lowest BCUT2D eigenvalue weighted by molar-refractivity contribution is 0.414. The SMILES string of the molecule is CCCCc1ccc(O)c2sc3nc(CCC4CCCC4)n(CCc4ccc(OC)cc4)c(=O)c3c12. The van der Waals surface area contributed by atoms with Crippen molar-refractivity contribution in [3.05, 3.63) is 63.7 Å². The molecule has 1 aliphatic carbocycles. The molecule has 2 heterocycles. The molecule has 1 fully saturated rings. The number of unbranched alkanes of at least 4 members (excludes halogenated alkanes) is 1. The van der Waals surface area contributed by atoms with E-state index in [1.807, 2.05) is 22.8 Å². The standard InChI is InChI=1S/C30H36N2O3S/c1-3-4-9-22-13-16-24(33)28-26(22)27-29(36-28)31-25(17-12-20-7-5-6-8-20)32(30(27)34)19-18-21-10-14-23(35-2)15-11-21/h10-11,13-16,20,33H,3-9,12,17-19H2,1-2H3. The van der Waals surface area contributed by atoms with Crippen LogP contribution < -0.4 is 10.3 Å². The number of hydrogen-bond acceptors (Lipinski definition) is 5. The summed E-state index contributed by atoms with van der Waals surface area (Å²) in [6.07, 6.45) is 10.9. The number of thiophene rings is 1. The molecule has 1 saturated carbocycles. The third-order valence-electron chi connectivity index (χ3n) is 7.72. The van der Waals surface area contributed by atoms with E-state index in [1.54, 1.807) is 13.2 Å². The summed E-state index contributed by atoms with van der Waals surface area (Å²) in [7, 11) is 1.67. The van der Waals surface area contributed by atoms with Gasteiger partial charge in [-0.3, -0.25) is 9.36 Å². The predicted molar refractivity (Wildman–Crippen MR) is 149 cm³/mol. The van der Waals surface area contributed by atoms with Crippen LogP contribution in [-0.2, 0) is 25.8 Å². The Morgan fingerprint density at radius 3 is 2.56 bits per heavy atom. The minimum absolute atomic E-state index is 0.0320. The van der Waals surface area contributed by atoms with Crippen LogP contribution in [0.4, 0.5) is 0 Å². The van der Waals surface area contributed by atoms with E-state index in [-0.39, 0.29) is 11.3 Å². The van der Waals surface area contributed by atoms with Crippen molar-refractivity contribution in [3.63, 3.8) is 0 Å². The summed E-state index contributed by atoms with van der Waals surface area (Å²) in [6, 6.07) is 11.8. The Bertz CT molecular complexity index is 1400. The van der Waals surface area contributed by atoms with Gasteiger partial charge in [-0.15, -0.1) is 11.3 Å². The van der Waals surface area contributed by atoms with Gasteiger partial charge in [-0.1, -0.05) is 57.2 Å². The maximum Gasteiger partial charge on any atom is 0.262 e. The monoisotopic (exact) mass is 504 g/mol. The number of aryl methyl sites for hydroxylation is 3. The van der Waals surface area contributed by atoms with Crippen LogP contribution in [-0.4, -0.2) is 21.8 Å². The molecule has 5 rings (SSSR count). The van der Waals surface area contributed by atoms with Crippen molar-refractivity contribution in [1.29, 1.82) is 0 Å². The molecule has 0 amide bonds. The van der Waals surface area contributed by atoms with Crippen LogP contribution in [0.2, 0.25) is 0 Å². The van der Waals surface area contributed by atoms with E-state index in [9.17, 15) is 9.90 Å². The van der Waals surface area contributed by atoms with Crippen LogP contribution in [0.25, 0.3) is 20.3 Å². The van der Waals surface area contributed by atoms with Gasteiger partial charge in [-0.05, 0) is 60.9 Å². The summed E-state index contributed by atoms with van der Waals surface area (Å²) in [5.41, 5.74) is 2.33. The second-order valence-electron chi connectivity index (χ2n) is 10.1. The molecule has 0 atom stereocenters. The summed E-state index contributed by atoms with van der Waals surface area (Å²) in [4.78, 5) is 20.0. The zero-order valence-corrected chi connectivity index (χ0v) is 22.2. The first-order chi connectivity index (χ1) is 17.6. The van der Waals surface area contributed by atoms with Gasteiger partial charge in [0, 0.05) is 18.4 Å². The van der Waals surface area contributed by atoms with E-state index >= 15 is 0 Å². The third-order valence-corrected chi connectivity index (χ3v) is 8.83. The Balaban J connectivity index is 1.58. The average molecular weight is 505 g/mol. The van der Waals surface area contributed by atoms with Crippen molar-refractivity contribution in [3.8, 4) is 11.5 Å². The van der Waals surface area contributed by atoms with E-state index in [2.05, 4.69) is 19.1 Å². The summed E-state index contributed by atoms with van der Waals surface area (Å²) in [5.74, 6) is 2.69. The first-order valence-electron chi connectivity index (χ1n) is 13.4. The molecule has 2 aromatic heterocycles. The average Bonchev–Trinajstić information content (AvgIpc) is 3.56. The van der Waals surface area contributed by atoms with E-state index in [4.69, 9.17) is 9.72 Å². The minimum Gasteiger partial charge on any atom is -0.506 e. The molecular weight excluding hydrogens is 468 g/mol. The van der Waals surface area contributed by atoms with Crippen molar-refractivity contribution in [2.45, 2.75) is 77.7 Å².